The molecule has 1 aromatic heterocycles. The van der Waals surface area contributed by atoms with Crippen LogP contribution in [0.2, 0.25) is 0 Å². The lowest BCUT2D eigenvalue weighted by atomic mass is 9.98. The number of rotatable bonds is 8. The zero-order valence-electron chi connectivity index (χ0n) is 18.0. The van der Waals surface area contributed by atoms with Gasteiger partial charge >= 0.3 is 15.5 Å². The Hall–Kier alpha value is -3.45. The Morgan fingerprint density at radius 2 is 1.62 bits per heavy atom. The van der Waals surface area contributed by atoms with Crippen LogP contribution < -0.4 is 18.9 Å². The smallest absolute Gasteiger partial charge is 0.497 e. The number of carbonyl (C=O) groups excluding carboxylic acids is 1. The lowest BCUT2D eigenvalue weighted by Gasteiger charge is -2.15. The minimum atomic E-state index is -5.64. The van der Waals surface area contributed by atoms with Crippen LogP contribution in [0.4, 0.5) is 17.6 Å². The molecule has 182 valence electrons. The van der Waals surface area contributed by atoms with Crippen molar-refractivity contribution in [3.05, 3.63) is 59.2 Å². The van der Waals surface area contributed by atoms with Gasteiger partial charge in [-0.3, -0.25) is 9.78 Å². The molecule has 0 amide bonds. The van der Waals surface area contributed by atoms with Crippen molar-refractivity contribution < 1.29 is 45.0 Å². The number of pyridine rings is 1. The molecule has 1 N–H and O–H groups in total. The molecule has 0 unspecified atom stereocenters. The van der Waals surface area contributed by atoms with Crippen molar-refractivity contribution in [3.63, 3.8) is 0 Å². The maximum absolute atomic E-state index is 14.4. The summed E-state index contributed by atoms with van der Waals surface area (Å²) in [4.78, 5) is 17.2. The van der Waals surface area contributed by atoms with Crippen LogP contribution in [0.15, 0.2) is 36.5 Å². The van der Waals surface area contributed by atoms with E-state index in [4.69, 9.17) is 14.2 Å². The number of fused-ring (bicyclic) bond motifs is 1. The topological polar surface area (TPSA) is 104 Å². The van der Waals surface area contributed by atoms with Crippen LogP contribution in [0.3, 0.4) is 0 Å². The Morgan fingerprint density at radius 3 is 2.18 bits per heavy atom. The summed E-state index contributed by atoms with van der Waals surface area (Å²) in [5.74, 6) is -1.15. The summed E-state index contributed by atoms with van der Waals surface area (Å²) < 4.78 is 92.4. The summed E-state index contributed by atoms with van der Waals surface area (Å²) in [6.07, 6.45) is 1.03. The molecule has 0 radical (unpaired) electrons. The van der Waals surface area contributed by atoms with Crippen molar-refractivity contribution in [1.29, 1.82) is 0 Å². The van der Waals surface area contributed by atoms with Gasteiger partial charge in [0.1, 0.15) is 17.3 Å². The summed E-state index contributed by atoms with van der Waals surface area (Å²) in [5, 5.41) is 0.220. The van der Waals surface area contributed by atoms with E-state index in [0.717, 1.165) is 12.3 Å². The Bertz CT molecular complexity index is 1360. The van der Waals surface area contributed by atoms with Crippen molar-refractivity contribution >= 4 is 26.6 Å². The Labute approximate surface area is 191 Å². The van der Waals surface area contributed by atoms with Gasteiger partial charge in [-0.05, 0) is 41.3 Å². The number of sulfonamides is 1. The molecule has 0 saturated heterocycles. The zero-order valence-corrected chi connectivity index (χ0v) is 18.8. The largest absolute Gasteiger partial charge is 0.511 e. The number of halogens is 4. The van der Waals surface area contributed by atoms with Crippen molar-refractivity contribution in [2.45, 2.75) is 12.1 Å². The van der Waals surface area contributed by atoms with Crippen molar-refractivity contribution in [1.82, 2.24) is 9.71 Å². The monoisotopic (exact) mass is 502 g/mol. The highest BCUT2D eigenvalue weighted by molar-refractivity contribution is 7.90. The van der Waals surface area contributed by atoms with E-state index >= 15 is 0 Å². The maximum Gasteiger partial charge on any atom is 0.511 e. The van der Waals surface area contributed by atoms with Crippen LogP contribution in [-0.2, 0) is 16.6 Å². The third-order valence-electron chi connectivity index (χ3n) is 4.86. The number of nitrogens with zero attached hydrogens (tertiary/aromatic N) is 1. The van der Waals surface area contributed by atoms with E-state index in [1.165, 1.54) is 50.3 Å². The number of hydrogen-bond donors (Lipinski definition) is 1. The summed E-state index contributed by atoms with van der Waals surface area (Å²) in [7, 11) is -1.67. The number of alkyl halides is 3. The van der Waals surface area contributed by atoms with Gasteiger partial charge in [0.2, 0.25) is 5.78 Å². The van der Waals surface area contributed by atoms with Crippen LogP contribution >= 0.6 is 0 Å². The molecule has 0 aliphatic carbocycles. The molecule has 0 fully saturated rings. The number of ketones is 1. The second-order valence-electron chi connectivity index (χ2n) is 6.83. The summed E-state index contributed by atoms with van der Waals surface area (Å²) in [5.41, 5.74) is -6.11. The predicted octanol–water partition coefficient (Wildman–Crippen LogP) is 3.57. The molecule has 3 rings (SSSR count). The molecule has 1 heterocycles. The van der Waals surface area contributed by atoms with E-state index in [1.54, 1.807) is 0 Å². The first-order valence-electron chi connectivity index (χ1n) is 9.41. The lowest BCUT2D eigenvalue weighted by Crippen LogP contribution is -2.36. The minimum Gasteiger partial charge on any atom is -0.497 e. The molecule has 2 aromatic carbocycles. The van der Waals surface area contributed by atoms with E-state index in [9.17, 15) is 30.8 Å². The highest BCUT2D eigenvalue weighted by Gasteiger charge is 2.45. The second-order valence-corrected chi connectivity index (χ2v) is 8.59. The third kappa shape index (κ3) is 4.75. The number of hydrogen-bond acceptors (Lipinski definition) is 7. The van der Waals surface area contributed by atoms with Gasteiger partial charge in [-0.1, -0.05) is 0 Å². The summed E-state index contributed by atoms with van der Waals surface area (Å²) in [6, 6.07) is 6.23. The summed E-state index contributed by atoms with van der Waals surface area (Å²) in [6.45, 7) is -0.789. The Morgan fingerprint density at radius 1 is 1.00 bits per heavy atom. The van der Waals surface area contributed by atoms with E-state index in [-0.39, 0.29) is 44.8 Å². The van der Waals surface area contributed by atoms with Crippen LogP contribution in [0.5, 0.6) is 17.2 Å². The van der Waals surface area contributed by atoms with Gasteiger partial charge in [0.05, 0.1) is 26.9 Å². The van der Waals surface area contributed by atoms with Gasteiger partial charge in [-0.2, -0.15) is 13.2 Å². The molecule has 34 heavy (non-hydrogen) atoms. The molecular formula is C21H18F4N2O6S. The fraction of sp³-hybridized carbons (Fsp3) is 0.238. The first kappa shape index (κ1) is 25.2. The Balaban J connectivity index is 2.20. The SMILES string of the molecule is COc1ccc(F)c(C(=O)c2ncc(CNS(=O)(=O)C(F)(F)F)c3cc(OC)c(OC)cc23)c1. The highest BCUT2D eigenvalue weighted by Crippen LogP contribution is 2.36. The molecule has 0 spiro atoms. The number of nitrogens with one attached hydrogen (secondary N) is 1. The number of aromatic nitrogens is 1. The minimum absolute atomic E-state index is 0.00597. The fourth-order valence-electron chi connectivity index (χ4n) is 3.13. The Kier molecular flexibility index (Phi) is 6.98. The van der Waals surface area contributed by atoms with Crippen LogP contribution in [0, 0.1) is 5.82 Å². The van der Waals surface area contributed by atoms with E-state index in [0.29, 0.717) is 0 Å². The van der Waals surface area contributed by atoms with Crippen molar-refractivity contribution in [3.8, 4) is 17.2 Å². The number of ether oxygens (including phenoxy) is 3. The van der Waals surface area contributed by atoms with Crippen LogP contribution in [-0.4, -0.2) is 46.0 Å². The molecular weight excluding hydrogens is 484 g/mol. The molecule has 0 atom stereocenters. The van der Waals surface area contributed by atoms with Gasteiger partial charge in [0.25, 0.3) is 0 Å². The quantitative estimate of drug-likeness (QED) is 0.371. The molecule has 0 aliphatic rings. The molecule has 3 aromatic rings. The molecule has 0 bridgehead atoms. The van der Waals surface area contributed by atoms with Crippen LogP contribution in [0.1, 0.15) is 21.6 Å². The standard InChI is InChI=1S/C21H18F4N2O6S/c1-31-12-4-5-16(22)15(6-12)20(28)19-14-8-18(33-3)17(32-2)7-13(14)11(9-26-19)10-27-34(29,30)21(23,24)25/h4-9,27H,10H2,1-3H3. The zero-order chi connectivity index (χ0) is 25.3. The van der Waals surface area contributed by atoms with Gasteiger partial charge < -0.3 is 14.2 Å². The second kappa shape index (κ2) is 9.43. The number of methoxy groups -OCH3 is 3. The van der Waals surface area contributed by atoms with Crippen molar-refractivity contribution in [2.24, 2.45) is 0 Å². The van der Waals surface area contributed by atoms with Crippen LogP contribution in [0.25, 0.3) is 10.8 Å². The van der Waals surface area contributed by atoms with E-state index in [2.05, 4.69) is 4.98 Å². The number of benzene rings is 2. The van der Waals surface area contributed by atoms with E-state index < -0.39 is 33.7 Å². The average molecular weight is 502 g/mol. The lowest BCUT2D eigenvalue weighted by molar-refractivity contribution is -0.0448. The molecule has 8 nitrogen and oxygen atoms in total. The molecule has 13 heteroatoms. The fourth-order valence-corrected chi connectivity index (χ4v) is 3.64. The maximum atomic E-state index is 14.4. The van der Waals surface area contributed by atoms with Gasteiger partial charge in [-0.15, -0.1) is 0 Å². The normalized spacial score (nSPS) is 12.0. The van der Waals surface area contributed by atoms with Gasteiger partial charge in [0, 0.05) is 18.1 Å². The van der Waals surface area contributed by atoms with Gasteiger partial charge in [0.15, 0.2) is 11.5 Å². The third-order valence-corrected chi connectivity index (χ3v) is 6.00. The highest BCUT2D eigenvalue weighted by atomic mass is 32.2. The predicted molar refractivity (Wildman–Crippen MR) is 113 cm³/mol. The first-order chi connectivity index (χ1) is 15.9. The molecule has 0 saturated carbocycles. The van der Waals surface area contributed by atoms with E-state index in [1.807, 2.05) is 0 Å². The summed E-state index contributed by atoms with van der Waals surface area (Å²) >= 11 is 0. The van der Waals surface area contributed by atoms with Gasteiger partial charge in [-0.25, -0.2) is 17.5 Å². The average Bonchev–Trinajstić information content (AvgIpc) is 2.80. The number of carbonyl (C=O) groups is 1. The van der Waals surface area contributed by atoms with Crippen molar-refractivity contribution in [2.75, 3.05) is 21.3 Å². The molecule has 0 aliphatic heterocycles. The first-order valence-corrected chi connectivity index (χ1v) is 10.9.